The van der Waals surface area contributed by atoms with Crippen LogP contribution in [0.4, 0.5) is 0 Å². The molecule has 0 aliphatic carbocycles. The number of carbonyl (C=O) groups is 1. The summed E-state index contributed by atoms with van der Waals surface area (Å²) < 4.78 is 5.97. The maximum atomic E-state index is 13.3. The molecule has 5 aromatic rings. The first-order valence-electron chi connectivity index (χ1n) is 12.6. The van der Waals surface area contributed by atoms with E-state index in [1.54, 1.807) is 31.5 Å². The van der Waals surface area contributed by atoms with Crippen LogP contribution < -0.4 is 5.32 Å². The maximum absolute atomic E-state index is 13.3. The largest absolute Gasteiger partial charge is 0.458 e. The van der Waals surface area contributed by atoms with E-state index in [-0.39, 0.29) is 25.0 Å². The molecule has 6 heteroatoms. The van der Waals surface area contributed by atoms with Crippen molar-refractivity contribution in [1.29, 1.82) is 0 Å². The molecule has 2 aromatic heterocycles. The van der Waals surface area contributed by atoms with E-state index in [2.05, 4.69) is 10.3 Å². The smallest absolute Gasteiger partial charge is 0.225 e. The average molecular weight is 507 g/mol. The van der Waals surface area contributed by atoms with Crippen LogP contribution in [0.15, 0.2) is 102 Å². The van der Waals surface area contributed by atoms with Crippen molar-refractivity contribution in [2.75, 3.05) is 0 Å². The third-order valence-corrected chi connectivity index (χ3v) is 6.93. The summed E-state index contributed by atoms with van der Waals surface area (Å²) >= 11 is 0. The first-order chi connectivity index (χ1) is 18.3. The number of amides is 1. The summed E-state index contributed by atoms with van der Waals surface area (Å²) in [5.41, 5.74) is 4.64. The van der Waals surface area contributed by atoms with E-state index in [4.69, 9.17) is 4.42 Å². The molecular weight excluding hydrogens is 476 g/mol. The van der Waals surface area contributed by atoms with Crippen LogP contribution in [0, 0.1) is 6.92 Å². The number of hydrogen-bond acceptors (Lipinski definition) is 5. The monoisotopic (exact) mass is 506 g/mol. The van der Waals surface area contributed by atoms with Crippen molar-refractivity contribution in [2.45, 2.75) is 38.5 Å². The van der Waals surface area contributed by atoms with E-state index < -0.39 is 5.60 Å². The number of furan rings is 1. The molecule has 0 saturated heterocycles. The van der Waals surface area contributed by atoms with Gasteiger partial charge in [-0.1, -0.05) is 54.6 Å². The average Bonchev–Trinajstić information content (AvgIpc) is 3.37. The van der Waals surface area contributed by atoms with E-state index >= 15 is 0 Å². The van der Waals surface area contributed by atoms with Crippen molar-refractivity contribution in [3.63, 3.8) is 0 Å². The van der Waals surface area contributed by atoms with Gasteiger partial charge in [0.2, 0.25) is 5.91 Å². The molecule has 0 spiro atoms. The number of hydrogen-bond donors (Lipinski definition) is 3. The zero-order valence-electron chi connectivity index (χ0n) is 21.4. The highest BCUT2D eigenvalue weighted by molar-refractivity contribution is 5.83. The van der Waals surface area contributed by atoms with Crippen LogP contribution in [0.25, 0.3) is 11.0 Å². The zero-order valence-corrected chi connectivity index (χ0v) is 21.4. The van der Waals surface area contributed by atoms with Crippen LogP contribution in [-0.4, -0.2) is 21.1 Å². The lowest BCUT2D eigenvalue weighted by Gasteiger charge is -2.22. The van der Waals surface area contributed by atoms with Gasteiger partial charge in [-0.3, -0.25) is 9.78 Å². The lowest BCUT2D eigenvalue weighted by molar-refractivity contribution is -0.120. The predicted molar refractivity (Wildman–Crippen MR) is 146 cm³/mol. The minimum absolute atomic E-state index is 0.0281. The van der Waals surface area contributed by atoms with Crippen LogP contribution in [0.2, 0.25) is 0 Å². The molecule has 3 aromatic carbocycles. The Labute approximate surface area is 221 Å². The predicted octanol–water partition coefficient (Wildman–Crippen LogP) is 5.33. The van der Waals surface area contributed by atoms with Crippen molar-refractivity contribution in [3.8, 4) is 0 Å². The van der Waals surface area contributed by atoms with E-state index in [1.807, 2.05) is 79.7 Å². The lowest BCUT2D eigenvalue weighted by atomic mass is 9.93. The van der Waals surface area contributed by atoms with Gasteiger partial charge in [-0.2, -0.15) is 0 Å². The topological polar surface area (TPSA) is 95.6 Å². The highest BCUT2D eigenvalue weighted by Gasteiger charge is 2.30. The molecule has 2 unspecified atom stereocenters. The second-order valence-electron chi connectivity index (χ2n) is 9.73. The quantitative estimate of drug-likeness (QED) is 0.264. The van der Waals surface area contributed by atoms with Crippen LogP contribution >= 0.6 is 0 Å². The van der Waals surface area contributed by atoms with Crippen molar-refractivity contribution in [1.82, 2.24) is 10.3 Å². The number of aliphatic hydroxyl groups excluding tert-OH is 1. The standard InChI is InChI=1S/C32H30N2O4/c1-21-16-23(20-35)8-10-27(21)31(24-6-4-3-5-7-24)34-30(36)18-22-9-11-28-25(17-22)19-29(38-28)32(2,37)26-12-14-33-15-13-26/h3-17,19,31,35,37H,18,20H2,1-2H3,(H,34,36). The van der Waals surface area contributed by atoms with Gasteiger partial charge < -0.3 is 19.9 Å². The SMILES string of the molecule is Cc1cc(CO)ccc1C(NC(=O)Cc1ccc2oc(C(C)(O)c3ccncc3)cc2c1)c1ccccc1. The fourth-order valence-corrected chi connectivity index (χ4v) is 4.80. The maximum Gasteiger partial charge on any atom is 0.225 e. The Morgan fingerprint density at radius 3 is 2.42 bits per heavy atom. The molecule has 192 valence electrons. The Hall–Kier alpha value is -4.26. The normalized spacial score (nSPS) is 13.7. The zero-order chi connectivity index (χ0) is 26.7. The van der Waals surface area contributed by atoms with Crippen molar-refractivity contribution in [3.05, 3.63) is 136 Å². The van der Waals surface area contributed by atoms with Gasteiger partial charge in [0.15, 0.2) is 0 Å². The number of nitrogens with zero attached hydrogens (tertiary/aromatic N) is 1. The van der Waals surface area contributed by atoms with Gasteiger partial charge in [0.25, 0.3) is 0 Å². The van der Waals surface area contributed by atoms with Crippen LogP contribution in [0.1, 0.15) is 52.1 Å². The molecule has 0 fully saturated rings. The first kappa shape index (κ1) is 25.4. The molecule has 0 radical (unpaired) electrons. The third-order valence-electron chi connectivity index (χ3n) is 6.93. The molecule has 2 atom stereocenters. The van der Waals surface area contributed by atoms with Gasteiger partial charge in [0, 0.05) is 17.8 Å². The van der Waals surface area contributed by atoms with Gasteiger partial charge in [0.05, 0.1) is 19.1 Å². The number of nitrogens with one attached hydrogen (secondary N) is 1. The molecule has 3 N–H and O–H groups in total. The van der Waals surface area contributed by atoms with Crippen molar-refractivity contribution >= 4 is 16.9 Å². The number of aromatic nitrogens is 1. The molecule has 0 bridgehead atoms. The molecule has 2 heterocycles. The summed E-state index contributed by atoms with van der Waals surface area (Å²) in [4.78, 5) is 17.3. The number of carbonyl (C=O) groups excluding carboxylic acids is 1. The van der Waals surface area contributed by atoms with E-state index in [0.29, 0.717) is 16.9 Å². The Kier molecular flexibility index (Phi) is 7.09. The first-order valence-corrected chi connectivity index (χ1v) is 12.6. The number of benzene rings is 3. The Morgan fingerprint density at radius 1 is 0.974 bits per heavy atom. The second kappa shape index (κ2) is 10.6. The fourth-order valence-electron chi connectivity index (χ4n) is 4.80. The molecule has 0 aliphatic rings. The number of aliphatic hydroxyl groups is 2. The number of pyridine rings is 1. The number of aryl methyl sites for hydroxylation is 1. The van der Waals surface area contributed by atoms with Gasteiger partial charge in [0.1, 0.15) is 16.9 Å². The van der Waals surface area contributed by atoms with Gasteiger partial charge >= 0.3 is 0 Å². The molecule has 0 aliphatic heterocycles. The van der Waals surface area contributed by atoms with Gasteiger partial charge in [-0.15, -0.1) is 0 Å². The molecule has 6 nitrogen and oxygen atoms in total. The Morgan fingerprint density at radius 2 is 1.71 bits per heavy atom. The van der Waals surface area contributed by atoms with E-state index in [1.165, 1.54) is 0 Å². The number of fused-ring (bicyclic) bond motifs is 1. The summed E-state index contributed by atoms with van der Waals surface area (Å²) in [5.74, 6) is 0.308. The van der Waals surface area contributed by atoms with Gasteiger partial charge in [-0.05, 0) is 77.6 Å². The minimum Gasteiger partial charge on any atom is -0.458 e. The number of rotatable bonds is 8. The molecule has 0 saturated carbocycles. The summed E-state index contributed by atoms with van der Waals surface area (Å²) in [6.45, 7) is 3.65. The van der Waals surface area contributed by atoms with Crippen molar-refractivity contribution in [2.24, 2.45) is 0 Å². The lowest BCUT2D eigenvalue weighted by Crippen LogP contribution is -2.31. The summed E-state index contributed by atoms with van der Waals surface area (Å²) in [6, 6.07) is 26.3. The highest BCUT2D eigenvalue weighted by atomic mass is 16.4. The fraction of sp³-hybridized carbons (Fsp3) is 0.188. The summed E-state index contributed by atoms with van der Waals surface area (Å²) in [6.07, 6.45) is 3.46. The molecule has 1 amide bonds. The Balaban J connectivity index is 1.38. The Bertz CT molecular complexity index is 1560. The van der Waals surface area contributed by atoms with Gasteiger partial charge in [-0.25, -0.2) is 0 Å². The van der Waals surface area contributed by atoms with E-state index in [9.17, 15) is 15.0 Å². The highest BCUT2D eigenvalue weighted by Crippen LogP contribution is 2.33. The minimum atomic E-state index is -1.31. The molecule has 38 heavy (non-hydrogen) atoms. The third kappa shape index (κ3) is 5.23. The van der Waals surface area contributed by atoms with Crippen LogP contribution in [0.5, 0.6) is 0 Å². The van der Waals surface area contributed by atoms with Crippen LogP contribution in [-0.2, 0) is 23.4 Å². The molecular formula is C32H30N2O4. The molecule has 5 rings (SSSR count). The summed E-state index contributed by atoms with van der Waals surface area (Å²) in [7, 11) is 0. The van der Waals surface area contributed by atoms with E-state index in [0.717, 1.165) is 33.2 Å². The van der Waals surface area contributed by atoms with Crippen LogP contribution in [0.3, 0.4) is 0 Å². The van der Waals surface area contributed by atoms with Crippen molar-refractivity contribution < 1.29 is 19.4 Å². The summed E-state index contributed by atoms with van der Waals surface area (Å²) in [5, 5.41) is 24.7. The second-order valence-corrected chi connectivity index (χ2v) is 9.73.